The van der Waals surface area contributed by atoms with Crippen LogP contribution in [0.2, 0.25) is 0 Å². The lowest BCUT2D eigenvalue weighted by atomic mass is 9.80. The number of likely N-dealkylation sites (tertiary alicyclic amines) is 1. The number of nitrogens with one attached hydrogen (secondary N) is 1. The summed E-state index contributed by atoms with van der Waals surface area (Å²) in [6.45, 7) is 9.44. The van der Waals surface area contributed by atoms with Crippen LogP contribution in [0, 0.1) is 5.92 Å². The molecule has 0 saturated carbocycles. The van der Waals surface area contributed by atoms with Crippen LogP contribution in [0.1, 0.15) is 40.2 Å². The molecule has 2 N–H and O–H groups in total. The summed E-state index contributed by atoms with van der Waals surface area (Å²) in [5.74, 6) is -0.254. The molecule has 0 aromatic heterocycles. The number of alkyl carbamates (subject to hydrolysis) is 1. The lowest BCUT2D eigenvalue weighted by Gasteiger charge is -2.46. The van der Waals surface area contributed by atoms with Crippen molar-refractivity contribution < 1.29 is 24.2 Å². The standard InChI is InChI=1S/C20H30N2O5/c1-14-11-22(18(24)26-13-15-9-7-6-8-10-15)12-16(20(14,5)25)21-17(23)27-19(2,3)4/h6-10,14,16,25H,11-13H2,1-5H3,(H,21,23)/t14-,16+,20+/m0/s1. The minimum absolute atomic E-state index is 0.143. The number of aliphatic hydroxyl groups is 1. The van der Waals surface area contributed by atoms with Gasteiger partial charge in [0, 0.05) is 19.0 Å². The summed E-state index contributed by atoms with van der Waals surface area (Å²) < 4.78 is 10.7. The highest BCUT2D eigenvalue weighted by atomic mass is 16.6. The average Bonchev–Trinajstić information content (AvgIpc) is 2.56. The van der Waals surface area contributed by atoms with Crippen molar-refractivity contribution >= 4 is 12.2 Å². The summed E-state index contributed by atoms with van der Waals surface area (Å²) >= 11 is 0. The van der Waals surface area contributed by atoms with Gasteiger partial charge in [0.25, 0.3) is 0 Å². The maximum absolute atomic E-state index is 12.5. The molecule has 1 aromatic carbocycles. The molecule has 1 aromatic rings. The smallest absolute Gasteiger partial charge is 0.410 e. The third kappa shape index (κ3) is 5.85. The summed E-state index contributed by atoms with van der Waals surface area (Å²) in [6.07, 6.45) is -1.10. The Kier molecular flexibility index (Phi) is 6.36. The number of hydrogen-bond donors (Lipinski definition) is 2. The molecule has 0 aliphatic carbocycles. The Morgan fingerprint density at radius 2 is 1.89 bits per heavy atom. The van der Waals surface area contributed by atoms with E-state index in [1.54, 1.807) is 27.7 Å². The minimum Gasteiger partial charge on any atom is -0.445 e. The van der Waals surface area contributed by atoms with Crippen LogP contribution >= 0.6 is 0 Å². The first-order valence-corrected chi connectivity index (χ1v) is 9.16. The van der Waals surface area contributed by atoms with E-state index in [1.165, 1.54) is 4.90 Å². The van der Waals surface area contributed by atoms with E-state index < -0.39 is 29.4 Å². The molecule has 2 rings (SSSR count). The van der Waals surface area contributed by atoms with Gasteiger partial charge in [-0.1, -0.05) is 37.3 Å². The molecule has 7 nitrogen and oxygen atoms in total. The highest BCUT2D eigenvalue weighted by Gasteiger charge is 2.45. The van der Waals surface area contributed by atoms with Crippen LogP contribution in [0.4, 0.5) is 9.59 Å². The fraction of sp³-hybridized carbons (Fsp3) is 0.600. The predicted molar refractivity (Wildman–Crippen MR) is 101 cm³/mol. The largest absolute Gasteiger partial charge is 0.445 e. The molecule has 1 fully saturated rings. The number of benzene rings is 1. The molecule has 2 amide bonds. The van der Waals surface area contributed by atoms with Crippen molar-refractivity contribution in [3.05, 3.63) is 35.9 Å². The number of rotatable bonds is 3. The monoisotopic (exact) mass is 378 g/mol. The van der Waals surface area contributed by atoms with Gasteiger partial charge in [0.15, 0.2) is 0 Å². The number of ether oxygens (including phenoxy) is 2. The fourth-order valence-corrected chi connectivity index (χ4v) is 2.94. The number of carbonyl (C=O) groups excluding carboxylic acids is 2. The van der Waals surface area contributed by atoms with Gasteiger partial charge in [-0.15, -0.1) is 0 Å². The molecule has 27 heavy (non-hydrogen) atoms. The van der Waals surface area contributed by atoms with Gasteiger partial charge < -0.3 is 24.8 Å². The number of amides is 2. The molecule has 0 unspecified atom stereocenters. The van der Waals surface area contributed by atoms with Crippen molar-refractivity contribution in [2.75, 3.05) is 13.1 Å². The molecule has 0 spiro atoms. The second kappa shape index (κ2) is 8.17. The van der Waals surface area contributed by atoms with Crippen LogP contribution in [0.25, 0.3) is 0 Å². The van der Waals surface area contributed by atoms with E-state index in [9.17, 15) is 14.7 Å². The van der Waals surface area contributed by atoms with Gasteiger partial charge in [-0.25, -0.2) is 9.59 Å². The zero-order valence-electron chi connectivity index (χ0n) is 16.7. The van der Waals surface area contributed by atoms with Crippen molar-refractivity contribution in [1.82, 2.24) is 10.2 Å². The number of nitrogens with zero attached hydrogens (tertiary/aromatic N) is 1. The maximum atomic E-state index is 12.5. The van der Waals surface area contributed by atoms with E-state index in [4.69, 9.17) is 9.47 Å². The number of hydrogen-bond acceptors (Lipinski definition) is 5. The SMILES string of the molecule is C[C@H]1CN(C(=O)OCc2ccccc2)C[C@@H](NC(=O)OC(C)(C)C)[C@]1(C)O. The van der Waals surface area contributed by atoms with Crippen molar-refractivity contribution in [3.63, 3.8) is 0 Å². The van der Waals surface area contributed by atoms with Crippen LogP contribution < -0.4 is 5.32 Å². The van der Waals surface area contributed by atoms with Crippen LogP contribution in [0.15, 0.2) is 30.3 Å². The second-order valence-corrected chi connectivity index (χ2v) is 8.27. The topological polar surface area (TPSA) is 88.1 Å². The third-order valence-corrected chi connectivity index (χ3v) is 4.75. The van der Waals surface area contributed by atoms with Crippen LogP contribution in [0.3, 0.4) is 0 Å². The summed E-state index contributed by atoms with van der Waals surface area (Å²) in [4.78, 5) is 26.1. The van der Waals surface area contributed by atoms with Crippen molar-refractivity contribution in [2.45, 2.75) is 58.5 Å². The normalized spacial score (nSPS) is 25.6. The first-order valence-electron chi connectivity index (χ1n) is 9.16. The molecule has 1 aliphatic rings. The van der Waals surface area contributed by atoms with Gasteiger partial charge in [0.2, 0.25) is 0 Å². The van der Waals surface area contributed by atoms with Crippen molar-refractivity contribution in [1.29, 1.82) is 0 Å². The Morgan fingerprint density at radius 3 is 2.48 bits per heavy atom. The first kappa shape index (κ1) is 21.0. The molecule has 1 aliphatic heterocycles. The van der Waals surface area contributed by atoms with E-state index >= 15 is 0 Å². The van der Waals surface area contributed by atoms with E-state index in [0.29, 0.717) is 6.54 Å². The lowest BCUT2D eigenvalue weighted by molar-refractivity contribution is -0.0752. The van der Waals surface area contributed by atoms with E-state index in [-0.39, 0.29) is 19.1 Å². The van der Waals surface area contributed by atoms with Gasteiger partial charge in [-0.05, 0) is 33.3 Å². The molecular formula is C20H30N2O5. The Bertz CT molecular complexity index is 654. The summed E-state index contributed by atoms with van der Waals surface area (Å²) in [7, 11) is 0. The van der Waals surface area contributed by atoms with E-state index in [0.717, 1.165) is 5.56 Å². The molecule has 150 valence electrons. The second-order valence-electron chi connectivity index (χ2n) is 8.27. The van der Waals surface area contributed by atoms with Gasteiger partial charge in [-0.2, -0.15) is 0 Å². The summed E-state index contributed by atoms with van der Waals surface area (Å²) in [5, 5.41) is 13.5. The Balaban J connectivity index is 2.00. The quantitative estimate of drug-likeness (QED) is 0.844. The number of carbonyl (C=O) groups is 2. The molecule has 3 atom stereocenters. The fourth-order valence-electron chi connectivity index (χ4n) is 2.94. The van der Waals surface area contributed by atoms with Crippen molar-refractivity contribution in [2.24, 2.45) is 5.92 Å². The third-order valence-electron chi connectivity index (χ3n) is 4.75. The lowest BCUT2D eigenvalue weighted by Crippen LogP contribution is -2.66. The first-order chi connectivity index (χ1) is 12.5. The molecule has 1 heterocycles. The van der Waals surface area contributed by atoms with Crippen LogP contribution in [-0.2, 0) is 16.1 Å². The maximum Gasteiger partial charge on any atom is 0.410 e. The zero-order valence-corrected chi connectivity index (χ0v) is 16.7. The highest BCUT2D eigenvalue weighted by Crippen LogP contribution is 2.28. The highest BCUT2D eigenvalue weighted by molar-refractivity contribution is 5.70. The van der Waals surface area contributed by atoms with E-state index in [2.05, 4.69) is 5.32 Å². The number of piperidine rings is 1. The van der Waals surface area contributed by atoms with Gasteiger partial charge >= 0.3 is 12.2 Å². The average molecular weight is 378 g/mol. The Hall–Kier alpha value is -2.28. The van der Waals surface area contributed by atoms with Crippen molar-refractivity contribution in [3.8, 4) is 0 Å². The Morgan fingerprint density at radius 1 is 1.26 bits per heavy atom. The van der Waals surface area contributed by atoms with Crippen LogP contribution in [0.5, 0.6) is 0 Å². The molecule has 7 heteroatoms. The zero-order chi connectivity index (χ0) is 20.2. The minimum atomic E-state index is -1.17. The molecular weight excluding hydrogens is 348 g/mol. The van der Waals surface area contributed by atoms with E-state index in [1.807, 2.05) is 37.3 Å². The summed E-state index contributed by atoms with van der Waals surface area (Å²) in [5.41, 5.74) is -0.927. The Labute approximate surface area is 160 Å². The predicted octanol–water partition coefficient (Wildman–Crippen LogP) is 2.92. The van der Waals surface area contributed by atoms with Gasteiger partial charge in [0.05, 0.1) is 11.6 Å². The van der Waals surface area contributed by atoms with Crippen LogP contribution in [-0.4, -0.2) is 52.5 Å². The molecule has 0 radical (unpaired) electrons. The summed E-state index contributed by atoms with van der Waals surface area (Å²) in [6, 6.07) is 8.74. The van der Waals surface area contributed by atoms with Gasteiger partial charge in [-0.3, -0.25) is 0 Å². The molecule has 1 saturated heterocycles. The molecule has 0 bridgehead atoms. The van der Waals surface area contributed by atoms with Gasteiger partial charge in [0.1, 0.15) is 12.2 Å².